The van der Waals surface area contributed by atoms with Gasteiger partial charge in [-0.1, -0.05) is 6.92 Å². The molecule has 2 aromatic carbocycles. The lowest BCUT2D eigenvalue weighted by molar-refractivity contribution is -0.384. The van der Waals surface area contributed by atoms with Crippen molar-refractivity contribution in [2.45, 2.75) is 13.3 Å². The molecule has 7 nitrogen and oxygen atoms in total. The van der Waals surface area contributed by atoms with Crippen molar-refractivity contribution in [2.75, 3.05) is 6.61 Å². The summed E-state index contributed by atoms with van der Waals surface area (Å²) >= 11 is 0. The van der Waals surface area contributed by atoms with Crippen LogP contribution in [0.5, 0.6) is 17.2 Å². The summed E-state index contributed by atoms with van der Waals surface area (Å²) < 4.78 is 11.5. The molecule has 0 bridgehead atoms. The molecule has 0 unspecified atom stereocenters. The van der Waals surface area contributed by atoms with E-state index in [-0.39, 0.29) is 5.69 Å². The summed E-state index contributed by atoms with van der Waals surface area (Å²) in [7, 11) is 0. The lowest BCUT2D eigenvalue weighted by Gasteiger charge is -2.11. The van der Waals surface area contributed by atoms with Crippen molar-refractivity contribution in [3.8, 4) is 17.2 Å². The summed E-state index contributed by atoms with van der Waals surface area (Å²) in [4.78, 5) is 18.1. The van der Waals surface area contributed by atoms with Gasteiger partial charge in [0.1, 0.15) is 17.2 Å². The van der Waals surface area contributed by atoms with Gasteiger partial charge in [0.25, 0.3) is 5.69 Å². The lowest BCUT2D eigenvalue weighted by Crippen LogP contribution is -1.96. The topological polar surface area (TPSA) is 78.9 Å². The van der Waals surface area contributed by atoms with Gasteiger partial charge in [-0.25, -0.2) is 4.85 Å². The number of fused-ring (bicyclic) bond motifs is 1. The molecule has 0 saturated heterocycles. The SMILES string of the molecule is [C-]#[N+]c1cc2c(Oc3ccc([N+](=O)[O-])cc3)ccnc2cc1OCCC. The number of hydrogen-bond acceptors (Lipinski definition) is 5. The van der Waals surface area contributed by atoms with Crippen molar-refractivity contribution >= 4 is 22.3 Å². The first-order valence-electron chi connectivity index (χ1n) is 7.97. The van der Waals surface area contributed by atoms with E-state index in [1.54, 1.807) is 24.4 Å². The predicted molar refractivity (Wildman–Crippen MR) is 97.0 cm³/mol. The van der Waals surface area contributed by atoms with Crippen LogP contribution in [-0.4, -0.2) is 16.5 Å². The number of nitro groups is 1. The van der Waals surface area contributed by atoms with Crippen molar-refractivity contribution in [2.24, 2.45) is 0 Å². The Balaban J connectivity index is 1.98. The summed E-state index contributed by atoms with van der Waals surface area (Å²) in [6.07, 6.45) is 2.44. The maximum atomic E-state index is 10.7. The van der Waals surface area contributed by atoms with Crippen molar-refractivity contribution < 1.29 is 14.4 Å². The van der Waals surface area contributed by atoms with Crippen molar-refractivity contribution in [3.05, 3.63) is 70.2 Å². The number of non-ortho nitro benzene ring substituents is 1. The van der Waals surface area contributed by atoms with Crippen LogP contribution in [0, 0.1) is 16.7 Å². The van der Waals surface area contributed by atoms with Crippen LogP contribution in [0.15, 0.2) is 48.7 Å². The number of aromatic nitrogens is 1. The van der Waals surface area contributed by atoms with Gasteiger partial charge >= 0.3 is 0 Å². The predicted octanol–water partition coefficient (Wildman–Crippen LogP) is 5.27. The number of nitro benzene ring substituents is 1. The van der Waals surface area contributed by atoms with Crippen LogP contribution in [0.2, 0.25) is 0 Å². The highest BCUT2D eigenvalue weighted by Crippen LogP contribution is 2.37. The number of ether oxygens (including phenoxy) is 2. The molecule has 0 atom stereocenters. The minimum Gasteiger partial charge on any atom is -0.505 e. The second-order valence-corrected chi connectivity index (χ2v) is 5.46. The zero-order chi connectivity index (χ0) is 18.5. The highest BCUT2D eigenvalue weighted by Gasteiger charge is 2.12. The van der Waals surface area contributed by atoms with E-state index in [4.69, 9.17) is 16.0 Å². The number of pyridine rings is 1. The monoisotopic (exact) mass is 349 g/mol. The Labute approximate surface area is 149 Å². The summed E-state index contributed by atoms with van der Waals surface area (Å²) in [5, 5.41) is 11.4. The van der Waals surface area contributed by atoms with Crippen LogP contribution in [0.25, 0.3) is 15.7 Å². The third-order valence-corrected chi connectivity index (χ3v) is 3.64. The lowest BCUT2D eigenvalue weighted by atomic mass is 10.1. The third-order valence-electron chi connectivity index (χ3n) is 3.64. The number of hydrogen-bond donors (Lipinski definition) is 0. The zero-order valence-electron chi connectivity index (χ0n) is 14.0. The summed E-state index contributed by atoms with van der Waals surface area (Å²) in [5.41, 5.74) is 1.01. The molecule has 26 heavy (non-hydrogen) atoms. The van der Waals surface area contributed by atoms with Crippen molar-refractivity contribution in [1.82, 2.24) is 4.98 Å². The van der Waals surface area contributed by atoms with Crippen LogP contribution in [-0.2, 0) is 0 Å². The Morgan fingerprint density at radius 1 is 1.19 bits per heavy atom. The Morgan fingerprint density at radius 3 is 2.62 bits per heavy atom. The fraction of sp³-hybridized carbons (Fsp3) is 0.158. The van der Waals surface area contributed by atoms with Crippen LogP contribution in [0.3, 0.4) is 0 Å². The van der Waals surface area contributed by atoms with E-state index in [1.165, 1.54) is 24.3 Å². The molecule has 3 aromatic rings. The van der Waals surface area contributed by atoms with E-state index in [0.29, 0.717) is 40.4 Å². The fourth-order valence-electron chi connectivity index (χ4n) is 2.40. The molecular formula is C19H15N3O4. The first-order valence-corrected chi connectivity index (χ1v) is 7.97. The molecule has 3 rings (SSSR count). The molecule has 7 heteroatoms. The molecule has 0 fully saturated rings. The van der Waals surface area contributed by atoms with Gasteiger partial charge < -0.3 is 9.47 Å². The van der Waals surface area contributed by atoms with Crippen LogP contribution >= 0.6 is 0 Å². The second kappa shape index (κ2) is 7.49. The molecular weight excluding hydrogens is 334 g/mol. The van der Waals surface area contributed by atoms with Gasteiger partial charge in [0.2, 0.25) is 5.69 Å². The normalized spacial score (nSPS) is 10.3. The molecule has 0 aliphatic heterocycles. The molecule has 0 spiro atoms. The highest BCUT2D eigenvalue weighted by atomic mass is 16.6. The highest BCUT2D eigenvalue weighted by molar-refractivity contribution is 5.91. The van der Waals surface area contributed by atoms with Gasteiger partial charge in [0.05, 0.1) is 23.6 Å². The average molecular weight is 349 g/mol. The molecule has 1 heterocycles. The first kappa shape index (κ1) is 17.2. The Hall–Kier alpha value is -3.66. The Morgan fingerprint density at radius 2 is 1.96 bits per heavy atom. The van der Waals surface area contributed by atoms with Gasteiger partial charge in [-0.2, -0.15) is 0 Å². The Bertz CT molecular complexity index is 994. The molecule has 0 N–H and O–H groups in total. The van der Waals surface area contributed by atoms with Crippen LogP contribution in [0.1, 0.15) is 13.3 Å². The van der Waals surface area contributed by atoms with E-state index < -0.39 is 4.92 Å². The smallest absolute Gasteiger partial charge is 0.269 e. The maximum absolute atomic E-state index is 10.7. The van der Waals surface area contributed by atoms with E-state index in [9.17, 15) is 10.1 Å². The van der Waals surface area contributed by atoms with Gasteiger partial charge in [-0.05, 0) is 36.8 Å². The van der Waals surface area contributed by atoms with E-state index in [0.717, 1.165) is 6.42 Å². The molecule has 0 radical (unpaired) electrons. The van der Waals surface area contributed by atoms with Gasteiger partial charge in [-0.3, -0.25) is 15.1 Å². The molecule has 0 aliphatic carbocycles. The van der Waals surface area contributed by atoms with Gasteiger partial charge in [0.15, 0.2) is 0 Å². The molecule has 130 valence electrons. The molecule has 1 aromatic heterocycles. The number of rotatable bonds is 6. The van der Waals surface area contributed by atoms with Crippen molar-refractivity contribution in [3.63, 3.8) is 0 Å². The summed E-state index contributed by atoms with van der Waals surface area (Å²) in [6, 6.07) is 10.9. The number of nitrogens with zero attached hydrogens (tertiary/aromatic N) is 3. The fourth-order valence-corrected chi connectivity index (χ4v) is 2.40. The molecule has 0 aliphatic rings. The third kappa shape index (κ3) is 3.54. The average Bonchev–Trinajstić information content (AvgIpc) is 2.66. The minimum atomic E-state index is -0.467. The molecule has 0 saturated carbocycles. The minimum absolute atomic E-state index is 0.00931. The first-order chi connectivity index (χ1) is 12.6. The van der Waals surface area contributed by atoms with Crippen molar-refractivity contribution in [1.29, 1.82) is 0 Å². The summed E-state index contributed by atoms with van der Waals surface area (Å²) in [5.74, 6) is 1.46. The maximum Gasteiger partial charge on any atom is 0.269 e. The second-order valence-electron chi connectivity index (χ2n) is 5.46. The van der Waals surface area contributed by atoms with Gasteiger partial charge in [-0.15, -0.1) is 0 Å². The summed E-state index contributed by atoms with van der Waals surface area (Å²) in [6.45, 7) is 9.88. The van der Waals surface area contributed by atoms with Crippen LogP contribution < -0.4 is 9.47 Å². The zero-order valence-corrected chi connectivity index (χ0v) is 14.0. The quantitative estimate of drug-likeness (QED) is 0.344. The molecule has 0 amide bonds. The Kier molecular flexibility index (Phi) is 4.94. The van der Waals surface area contributed by atoms with E-state index in [1.807, 2.05) is 6.92 Å². The van der Waals surface area contributed by atoms with E-state index >= 15 is 0 Å². The standard InChI is InChI=1S/C19H15N3O4/c1-3-10-25-19-12-16-15(11-17(19)20-2)18(8-9-21-16)26-14-6-4-13(5-7-14)22(23)24/h4-9,11-12H,3,10H2,1H3. The van der Waals surface area contributed by atoms with E-state index in [2.05, 4.69) is 9.83 Å². The largest absolute Gasteiger partial charge is 0.505 e. The van der Waals surface area contributed by atoms with Gasteiger partial charge in [0, 0.05) is 23.7 Å². The number of benzene rings is 2. The van der Waals surface area contributed by atoms with Crippen LogP contribution in [0.4, 0.5) is 11.4 Å².